The Morgan fingerprint density at radius 2 is 2.24 bits per heavy atom. The van der Waals surface area contributed by atoms with E-state index in [1.54, 1.807) is 6.26 Å². The number of fused-ring (bicyclic) bond motifs is 1. The average Bonchev–Trinajstić information content (AvgIpc) is 3.16. The molecule has 0 spiro atoms. The third-order valence-electron chi connectivity index (χ3n) is 4.04. The Morgan fingerprint density at radius 3 is 2.90 bits per heavy atom. The quantitative estimate of drug-likeness (QED) is 0.828. The van der Waals surface area contributed by atoms with E-state index < -0.39 is 11.2 Å². The van der Waals surface area contributed by atoms with Crippen molar-refractivity contribution >= 4 is 28.0 Å². The molecule has 1 fully saturated rings. The normalized spacial score (nSPS) is 16.5. The van der Waals surface area contributed by atoms with E-state index in [0.29, 0.717) is 5.82 Å². The molecular weight excluding hydrogens is 284 g/mol. The lowest BCUT2D eigenvalue weighted by Gasteiger charge is -2.11. The fourth-order valence-electron chi connectivity index (χ4n) is 2.77. The first-order valence-electron chi connectivity index (χ1n) is 7.46. The molecule has 2 N–H and O–H groups in total. The summed E-state index contributed by atoms with van der Waals surface area (Å²) in [6, 6.07) is 0. The number of nitrogens with two attached hydrogens (primary N) is 1. The molecule has 6 heteroatoms. The highest BCUT2D eigenvalue weighted by Gasteiger charge is 2.25. The van der Waals surface area contributed by atoms with Gasteiger partial charge >= 0.3 is 0 Å². The van der Waals surface area contributed by atoms with Crippen molar-refractivity contribution in [2.75, 3.05) is 17.7 Å². The summed E-state index contributed by atoms with van der Waals surface area (Å²) >= 11 is -0.746. The molecule has 21 heavy (non-hydrogen) atoms. The van der Waals surface area contributed by atoms with E-state index in [4.69, 9.17) is 10.7 Å². The SMILES string of the molecule is Cc1cnc(N)c2nc(CC3CC3)n(CCC[S+](C)[O-])c12. The first-order valence-corrected chi connectivity index (χ1v) is 9.19. The Hall–Kier alpha value is -1.27. The second kappa shape index (κ2) is 5.85. The van der Waals surface area contributed by atoms with Crippen molar-refractivity contribution in [2.24, 2.45) is 5.92 Å². The Kier molecular flexibility index (Phi) is 4.08. The van der Waals surface area contributed by atoms with Crippen molar-refractivity contribution in [1.29, 1.82) is 0 Å². The van der Waals surface area contributed by atoms with Gasteiger partial charge in [0.2, 0.25) is 0 Å². The van der Waals surface area contributed by atoms with Crippen LogP contribution in [0.15, 0.2) is 6.20 Å². The van der Waals surface area contributed by atoms with Crippen LogP contribution in [0, 0.1) is 12.8 Å². The summed E-state index contributed by atoms with van der Waals surface area (Å²) in [6.45, 7) is 2.90. The zero-order chi connectivity index (χ0) is 15.0. The second-order valence-electron chi connectivity index (χ2n) is 5.98. The van der Waals surface area contributed by atoms with Crippen LogP contribution in [0.1, 0.15) is 30.7 Å². The van der Waals surface area contributed by atoms with Crippen LogP contribution in [0.25, 0.3) is 11.0 Å². The molecule has 1 saturated carbocycles. The van der Waals surface area contributed by atoms with Crippen LogP contribution in [-0.2, 0) is 24.1 Å². The van der Waals surface area contributed by atoms with Crippen LogP contribution in [0.5, 0.6) is 0 Å². The Bertz CT molecular complexity index is 649. The predicted octanol–water partition coefficient (Wildman–Crippen LogP) is 2.04. The Morgan fingerprint density at radius 1 is 1.48 bits per heavy atom. The van der Waals surface area contributed by atoms with Crippen molar-refractivity contribution in [3.05, 3.63) is 17.6 Å². The van der Waals surface area contributed by atoms with Gasteiger partial charge in [0.1, 0.15) is 17.1 Å². The fraction of sp³-hybridized carbons (Fsp3) is 0.600. The van der Waals surface area contributed by atoms with E-state index in [1.165, 1.54) is 12.8 Å². The standard InChI is InChI=1S/C15H22N4OS/c1-10-9-17-15(16)13-14(10)19(6-3-7-21(2)20)12(18-13)8-11-4-5-11/h9,11H,3-8H2,1-2H3,(H2,16,17). The van der Waals surface area contributed by atoms with Gasteiger partial charge in [0.25, 0.3) is 0 Å². The molecule has 0 bridgehead atoms. The zero-order valence-electron chi connectivity index (χ0n) is 12.6. The van der Waals surface area contributed by atoms with E-state index in [1.807, 2.05) is 13.1 Å². The van der Waals surface area contributed by atoms with Gasteiger partial charge in [0.15, 0.2) is 5.82 Å². The van der Waals surface area contributed by atoms with Crippen LogP contribution >= 0.6 is 0 Å². The molecule has 1 unspecified atom stereocenters. The minimum absolute atomic E-state index is 0.505. The number of imidazole rings is 1. The maximum absolute atomic E-state index is 11.3. The van der Waals surface area contributed by atoms with Crippen LogP contribution in [-0.4, -0.2) is 31.1 Å². The predicted molar refractivity (Wildman–Crippen MR) is 86.7 cm³/mol. The van der Waals surface area contributed by atoms with Gasteiger partial charge in [-0.1, -0.05) is 11.2 Å². The minimum Gasteiger partial charge on any atom is -0.617 e. The molecule has 2 aromatic rings. The largest absolute Gasteiger partial charge is 0.617 e. The first kappa shape index (κ1) is 14.7. The smallest absolute Gasteiger partial charge is 0.151 e. The van der Waals surface area contributed by atoms with Gasteiger partial charge in [0.05, 0.1) is 11.8 Å². The van der Waals surface area contributed by atoms with E-state index in [0.717, 1.165) is 53.5 Å². The molecule has 1 atom stereocenters. The topological polar surface area (TPSA) is 79.8 Å². The molecule has 114 valence electrons. The van der Waals surface area contributed by atoms with Gasteiger partial charge < -0.3 is 14.9 Å². The maximum Gasteiger partial charge on any atom is 0.151 e. The lowest BCUT2D eigenvalue weighted by molar-refractivity contribution is 0.586. The molecule has 0 aliphatic heterocycles. The highest BCUT2D eigenvalue weighted by atomic mass is 32.2. The maximum atomic E-state index is 11.3. The second-order valence-corrected chi connectivity index (χ2v) is 7.54. The highest BCUT2D eigenvalue weighted by Crippen LogP contribution is 2.34. The van der Waals surface area contributed by atoms with E-state index in [9.17, 15) is 4.55 Å². The van der Waals surface area contributed by atoms with Crippen molar-refractivity contribution in [3.8, 4) is 0 Å². The summed E-state index contributed by atoms with van der Waals surface area (Å²) in [5, 5.41) is 0. The van der Waals surface area contributed by atoms with Crippen molar-refractivity contribution in [3.63, 3.8) is 0 Å². The first-order chi connectivity index (χ1) is 10.1. The fourth-order valence-corrected chi connectivity index (χ4v) is 3.30. The molecule has 0 aromatic carbocycles. The zero-order valence-corrected chi connectivity index (χ0v) is 13.4. The number of rotatable bonds is 6. The minimum atomic E-state index is -0.746. The lowest BCUT2D eigenvalue weighted by Crippen LogP contribution is -2.10. The molecule has 3 rings (SSSR count). The molecule has 5 nitrogen and oxygen atoms in total. The molecule has 2 heterocycles. The summed E-state index contributed by atoms with van der Waals surface area (Å²) in [6.07, 6.45) is 8.08. The van der Waals surface area contributed by atoms with Gasteiger partial charge in [-0.15, -0.1) is 0 Å². The third kappa shape index (κ3) is 3.16. The molecule has 0 radical (unpaired) electrons. The van der Waals surface area contributed by atoms with Gasteiger partial charge in [-0.2, -0.15) is 0 Å². The summed E-state index contributed by atoms with van der Waals surface area (Å²) in [7, 11) is 0. The average molecular weight is 306 g/mol. The van der Waals surface area contributed by atoms with Gasteiger partial charge in [-0.25, -0.2) is 9.97 Å². The summed E-state index contributed by atoms with van der Waals surface area (Å²) in [5.41, 5.74) is 9.02. The number of nitrogens with zero attached hydrogens (tertiary/aromatic N) is 3. The molecule has 0 amide bonds. The number of nitrogen functional groups attached to an aromatic ring is 1. The number of hydrogen-bond donors (Lipinski definition) is 1. The highest BCUT2D eigenvalue weighted by molar-refractivity contribution is 7.90. The van der Waals surface area contributed by atoms with E-state index in [2.05, 4.69) is 9.55 Å². The van der Waals surface area contributed by atoms with Gasteiger partial charge in [0, 0.05) is 25.6 Å². The monoisotopic (exact) mass is 306 g/mol. The van der Waals surface area contributed by atoms with Crippen LogP contribution in [0.3, 0.4) is 0 Å². The number of aryl methyl sites for hydroxylation is 2. The third-order valence-corrected chi connectivity index (χ3v) is 4.91. The van der Waals surface area contributed by atoms with Gasteiger partial charge in [-0.05, 0) is 31.2 Å². The number of pyridine rings is 1. The van der Waals surface area contributed by atoms with E-state index in [-0.39, 0.29) is 0 Å². The molecule has 2 aromatic heterocycles. The van der Waals surface area contributed by atoms with Crippen LogP contribution < -0.4 is 5.73 Å². The number of hydrogen-bond acceptors (Lipinski definition) is 4. The molecule has 1 aliphatic carbocycles. The van der Waals surface area contributed by atoms with E-state index >= 15 is 0 Å². The van der Waals surface area contributed by atoms with Crippen LogP contribution in [0.2, 0.25) is 0 Å². The molecule has 1 aliphatic rings. The van der Waals surface area contributed by atoms with Crippen LogP contribution in [0.4, 0.5) is 5.82 Å². The summed E-state index contributed by atoms with van der Waals surface area (Å²) in [5.74, 6) is 3.11. The Labute approximate surface area is 128 Å². The van der Waals surface area contributed by atoms with Crippen molar-refractivity contribution in [2.45, 2.75) is 39.2 Å². The number of aromatic nitrogens is 3. The van der Waals surface area contributed by atoms with Crippen molar-refractivity contribution < 1.29 is 4.55 Å². The van der Waals surface area contributed by atoms with Crippen molar-refractivity contribution in [1.82, 2.24) is 14.5 Å². The Balaban J connectivity index is 1.97. The molecule has 0 saturated heterocycles. The molecular formula is C15H22N4OS. The summed E-state index contributed by atoms with van der Waals surface area (Å²) < 4.78 is 13.6. The van der Waals surface area contributed by atoms with Gasteiger partial charge in [-0.3, -0.25) is 0 Å². The number of anilines is 1. The lowest BCUT2D eigenvalue weighted by atomic mass is 10.2. The summed E-state index contributed by atoms with van der Waals surface area (Å²) in [4.78, 5) is 8.97.